The topological polar surface area (TPSA) is 67.4 Å². The predicted molar refractivity (Wildman–Crippen MR) is 98.5 cm³/mol. The molecule has 0 amide bonds. The Labute approximate surface area is 154 Å². The van der Waals surface area contributed by atoms with Crippen molar-refractivity contribution in [2.45, 2.75) is 44.0 Å². The lowest BCUT2D eigenvalue weighted by atomic mass is 10.1. The first-order valence-corrected chi connectivity index (χ1v) is 9.60. The summed E-state index contributed by atoms with van der Waals surface area (Å²) in [5.74, 6) is 0.785. The van der Waals surface area contributed by atoms with E-state index in [0.717, 1.165) is 36.4 Å². The first-order valence-electron chi connectivity index (χ1n) is 8.12. The van der Waals surface area contributed by atoms with Crippen LogP contribution in [0.1, 0.15) is 29.2 Å². The van der Waals surface area contributed by atoms with Gasteiger partial charge in [-0.05, 0) is 47.4 Å². The van der Waals surface area contributed by atoms with Gasteiger partial charge in [0.05, 0.1) is 4.90 Å². The van der Waals surface area contributed by atoms with E-state index in [9.17, 15) is 8.42 Å². The van der Waals surface area contributed by atoms with Crippen LogP contribution in [0, 0.1) is 0 Å². The molecule has 0 saturated heterocycles. The van der Waals surface area contributed by atoms with Crippen LogP contribution in [-0.2, 0) is 36.1 Å². The van der Waals surface area contributed by atoms with Gasteiger partial charge in [0.1, 0.15) is 11.9 Å². The highest BCUT2D eigenvalue weighted by Gasteiger charge is 2.22. The fourth-order valence-electron chi connectivity index (χ4n) is 3.29. The Hall–Kier alpha value is -1.60. The molecule has 0 radical (unpaired) electrons. The van der Waals surface area contributed by atoms with Crippen LogP contribution in [-0.4, -0.2) is 14.5 Å². The second kappa shape index (κ2) is 6.96. The second-order valence-corrected chi connectivity index (χ2v) is 8.20. The van der Waals surface area contributed by atoms with Crippen molar-refractivity contribution in [1.29, 1.82) is 0 Å². The highest BCUT2D eigenvalue weighted by molar-refractivity contribution is 7.89. The van der Waals surface area contributed by atoms with Crippen molar-refractivity contribution in [3.05, 3.63) is 58.7 Å². The molecule has 0 fully saturated rings. The molecule has 0 aromatic heterocycles. The Balaban J connectivity index is 0.00000182. The quantitative estimate of drug-likeness (QED) is 0.855. The fourth-order valence-corrected chi connectivity index (χ4v) is 4.35. The van der Waals surface area contributed by atoms with Gasteiger partial charge in [-0.25, -0.2) is 13.1 Å². The van der Waals surface area contributed by atoms with Gasteiger partial charge in [0.2, 0.25) is 10.0 Å². The molecule has 2 aliphatic heterocycles. The standard InChI is InChI=1S/C18H20N2O3S.ClH/c1-12-6-15-8-17(4-5-18(15)23-12)24(21,22)20-9-13-2-3-14-10-19-11-16(14)7-13;/h2-5,7-8,12,19-20H,6,9-11H2,1H3;1H. The monoisotopic (exact) mass is 380 g/mol. The SMILES string of the molecule is CC1Cc2cc(S(=O)(=O)NCc3ccc4c(c3)CNC4)ccc2O1.Cl. The van der Waals surface area contributed by atoms with E-state index < -0.39 is 10.0 Å². The Morgan fingerprint density at radius 2 is 1.92 bits per heavy atom. The first-order chi connectivity index (χ1) is 11.5. The Morgan fingerprint density at radius 3 is 2.76 bits per heavy atom. The molecule has 2 aromatic carbocycles. The maximum Gasteiger partial charge on any atom is 0.240 e. The van der Waals surface area contributed by atoms with Crippen LogP contribution in [0.2, 0.25) is 0 Å². The molecule has 0 aliphatic carbocycles. The molecular weight excluding hydrogens is 360 g/mol. The first kappa shape index (κ1) is 18.2. The van der Waals surface area contributed by atoms with Crippen LogP contribution in [0.4, 0.5) is 0 Å². The largest absolute Gasteiger partial charge is 0.490 e. The van der Waals surface area contributed by atoms with E-state index in [1.807, 2.05) is 13.0 Å². The highest BCUT2D eigenvalue weighted by Crippen LogP contribution is 2.30. The summed E-state index contributed by atoms with van der Waals surface area (Å²) in [6.07, 6.45) is 0.849. The Bertz CT molecular complexity index is 899. The summed E-state index contributed by atoms with van der Waals surface area (Å²) in [6, 6.07) is 11.2. The van der Waals surface area contributed by atoms with Crippen LogP contribution in [0.3, 0.4) is 0 Å². The van der Waals surface area contributed by atoms with Crippen molar-refractivity contribution in [2.24, 2.45) is 0 Å². The number of hydrogen-bond acceptors (Lipinski definition) is 4. The summed E-state index contributed by atoms with van der Waals surface area (Å²) in [7, 11) is -3.53. The lowest BCUT2D eigenvalue weighted by molar-refractivity contribution is 0.254. The number of rotatable bonds is 4. The summed E-state index contributed by atoms with van der Waals surface area (Å²) in [5.41, 5.74) is 4.46. The molecule has 2 aromatic rings. The fraction of sp³-hybridized carbons (Fsp3) is 0.333. The molecule has 4 rings (SSSR count). The van der Waals surface area contributed by atoms with Crippen LogP contribution in [0.15, 0.2) is 41.3 Å². The molecule has 0 saturated carbocycles. The van der Waals surface area contributed by atoms with Crippen LogP contribution in [0.25, 0.3) is 0 Å². The third-order valence-corrected chi connectivity index (χ3v) is 5.94. The van der Waals surface area contributed by atoms with Gasteiger partial charge in [-0.15, -0.1) is 12.4 Å². The number of ether oxygens (including phenoxy) is 1. The maximum atomic E-state index is 12.6. The van der Waals surface area contributed by atoms with E-state index in [-0.39, 0.29) is 18.5 Å². The van der Waals surface area contributed by atoms with E-state index >= 15 is 0 Å². The van der Waals surface area contributed by atoms with Crippen molar-refractivity contribution in [1.82, 2.24) is 10.0 Å². The molecule has 0 bridgehead atoms. The summed E-state index contributed by atoms with van der Waals surface area (Å²) in [6.45, 7) is 4.00. The highest BCUT2D eigenvalue weighted by atomic mass is 35.5. The number of fused-ring (bicyclic) bond motifs is 2. The lowest BCUT2D eigenvalue weighted by Crippen LogP contribution is -2.23. The number of sulfonamides is 1. The van der Waals surface area contributed by atoms with Gasteiger partial charge in [-0.2, -0.15) is 0 Å². The normalized spacial score (nSPS) is 18.2. The molecule has 1 atom stereocenters. The molecule has 134 valence electrons. The second-order valence-electron chi connectivity index (χ2n) is 6.43. The third-order valence-electron chi connectivity index (χ3n) is 4.55. The predicted octanol–water partition coefficient (Wildman–Crippen LogP) is 2.51. The Morgan fingerprint density at radius 1 is 1.12 bits per heavy atom. The summed E-state index contributed by atoms with van der Waals surface area (Å²) < 4.78 is 33.4. The minimum atomic E-state index is -3.53. The van der Waals surface area contributed by atoms with Gasteiger partial charge in [0.15, 0.2) is 0 Å². The van der Waals surface area contributed by atoms with Gasteiger partial charge in [0.25, 0.3) is 0 Å². The van der Waals surface area contributed by atoms with Crippen LogP contribution >= 0.6 is 12.4 Å². The minimum Gasteiger partial charge on any atom is -0.490 e. The van der Waals surface area contributed by atoms with E-state index in [4.69, 9.17) is 4.74 Å². The summed E-state index contributed by atoms with van der Waals surface area (Å²) in [4.78, 5) is 0.293. The van der Waals surface area contributed by atoms with Crippen molar-refractivity contribution >= 4 is 22.4 Å². The summed E-state index contributed by atoms with van der Waals surface area (Å²) >= 11 is 0. The van der Waals surface area contributed by atoms with Crippen LogP contribution in [0.5, 0.6) is 5.75 Å². The molecule has 2 aliphatic rings. The maximum absolute atomic E-state index is 12.6. The third kappa shape index (κ3) is 3.67. The lowest BCUT2D eigenvalue weighted by Gasteiger charge is -2.09. The zero-order valence-corrected chi connectivity index (χ0v) is 15.5. The van der Waals surface area contributed by atoms with Gasteiger partial charge in [-0.3, -0.25) is 0 Å². The van der Waals surface area contributed by atoms with Gasteiger partial charge >= 0.3 is 0 Å². The van der Waals surface area contributed by atoms with Crippen LogP contribution < -0.4 is 14.8 Å². The molecule has 5 nitrogen and oxygen atoms in total. The molecule has 25 heavy (non-hydrogen) atoms. The molecule has 0 spiro atoms. The van der Waals surface area contributed by atoms with Gasteiger partial charge < -0.3 is 10.1 Å². The Kier molecular flexibility index (Phi) is 5.06. The molecule has 2 heterocycles. The van der Waals surface area contributed by atoms with Gasteiger partial charge in [-0.1, -0.05) is 18.2 Å². The van der Waals surface area contributed by atoms with Crippen molar-refractivity contribution in [2.75, 3.05) is 0 Å². The zero-order valence-electron chi connectivity index (χ0n) is 13.9. The number of hydrogen-bond donors (Lipinski definition) is 2. The molecule has 7 heteroatoms. The van der Waals surface area contributed by atoms with Gasteiger partial charge in [0, 0.05) is 26.1 Å². The van der Waals surface area contributed by atoms with E-state index in [0.29, 0.717) is 11.4 Å². The molecular formula is C18H21ClN2O3S. The van der Waals surface area contributed by atoms with Crippen molar-refractivity contribution in [3.8, 4) is 5.75 Å². The molecule has 1 unspecified atom stereocenters. The van der Waals surface area contributed by atoms with E-state index in [1.54, 1.807) is 18.2 Å². The summed E-state index contributed by atoms with van der Waals surface area (Å²) in [5, 5.41) is 3.29. The number of nitrogens with one attached hydrogen (secondary N) is 2. The van der Waals surface area contributed by atoms with E-state index in [1.165, 1.54) is 11.1 Å². The van der Waals surface area contributed by atoms with E-state index in [2.05, 4.69) is 22.2 Å². The smallest absolute Gasteiger partial charge is 0.240 e. The van der Waals surface area contributed by atoms with Crippen molar-refractivity contribution < 1.29 is 13.2 Å². The minimum absolute atomic E-state index is 0. The number of halogens is 1. The average Bonchev–Trinajstić information content (AvgIpc) is 3.16. The van der Waals surface area contributed by atoms with Crippen molar-refractivity contribution in [3.63, 3.8) is 0 Å². The average molecular weight is 381 g/mol. The zero-order chi connectivity index (χ0) is 16.7. The number of benzene rings is 2. The molecule has 2 N–H and O–H groups in total.